The second kappa shape index (κ2) is 12.7. The van der Waals surface area contributed by atoms with Crippen molar-refractivity contribution in [1.29, 1.82) is 0 Å². The molecule has 1 heterocycles. The van der Waals surface area contributed by atoms with Crippen molar-refractivity contribution in [2.45, 2.75) is 26.3 Å². The van der Waals surface area contributed by atoms with Gasteiger partial charge in [0.25, 0.3) is 0 Å². The minimum atomic E-state index is -0.0676. The third-order valence-electron chi connectivity index (χ3n) is 5.39. The maximum atomic E-state index is 12.1. The summed E-state index contributed by atoms with van der Waals surface area (Å²) in [5.41, 5.74) is 3.40. The fraction of sp³-hybridized carbons (Fsp3) is 0.440. The molecule has 3 rings (SSSR count). The number of nitrogens with zero attached hydrogens (tertiary/aromatic N) is 1. The summed E-state index contributed by atoms with van der Waals surface area (Å²) in [4.78, 5) is 16.4. The van der Waals surface area contributed by atoms with Crippen molar-refractivity contribution in [3.05, 3.63) is 65.2 Å². The zero-order valence-electron chi connectivity index (χ0n) is 19.0. The van der Waals surface area contributed by atoms with E-state index in [0.29, 0.717) is 31.6 Å². The molecule has 0 aliphatic carbocycles. The summed E-state index contributed by atoms with van der Waals surface area (Å²) < 4.78 is 11.5. The fourth-order valence-corrected chi connectivity index (χ4v) is 3.48. The molecule has 1 atom stereocenters. The van der Waals surface area contributed by atoms with E-state index < -0.39 is 0 Å². The van der Waals surface area contributed by atoms with Gasteiger partial charge < -0.3 is 25.4 Å². The number of amides is 1. The van der Waals surface area contributed by atoms with Crippen LogP contribution in [0.4, 0.5) is 0 Å². The van der Waals surface area contributed by atoms with E-state index in [1.807, 2.05) is 18.2 Å². The van der Waals surface area contributed by atoms with Crippen molar-refractivity contribution in [2.75, 3.05) is 40.0 Å². The van der Waals surface area contributed by atoms with Gasteiger partial charge in [-0.3, -0.25) is 9.79 Å². The van der Waals surface area contributed by atoms with Gasteiger partial charge in [0.15, 0.2) is 5.96 Å². The molecule has 2 aromatic rings. The maximum Gasteiger partial charge on any atom is 0.239 e. The lowest BCUT2D eigenvalue weighted by Crippen LogP contribution is -2.43. The number of ether oxygens (including phenoxy) is 2. The smallest absolute Gasteiger partial charge is 0.239 e. The van der Waals surface area contributed by atoms with Crippen LogP contribution in [0.2, 0.25) is 0 Å². The summed E-state index contributed by atoms with van der Waals surface area (Å²) in [6, 6.07) is 16.3. The Bertz CT molecular complexity index is 880. The zero-order chi connectivity index (χ0) is 22.6. The van der Waals surface area contributed by atoms with Gasteiger partial charge in [0.2, 0.25) is 5.91 Å². The molecule has 1 unspecified atom stereocenters. The molecule has 1 aliphatic rings. The molecule has 0 bridgehead atoms. The summed E-state index contributed by atoms with van der Waals surface area (Å²) >= 11 is 0. The average Bonchev–Trinajstić information content (AvgIpc) is 3.33. The predicted molar refractivity (Wildman–Crippen MR) is 127 cm³/mol. The Morgan fingerprint density at radius 2 is 2.00 bits per heavy atom. The van der Waals surface area contributed by atoms with Crippen LogP contribution in [0, 0.1) is 12.8 Å². The highest BCUT2D eigenvalue weighted by Gasteiger charge is 2.17. The second-order valence-electron chi connectivity index (χ2n) is 8.02. The molecule has 0 saturated carbocycles. The van der Waals surface area contributed by atoms with Crippen molar-refractivity contribution in [2.24, 2.45) is 10.9 Å². The standard InChI is InChI=1S/C25H34N4O3/c1-19-8-9-22(23(14-19)32-18-21-11-13-31-17-21)15-28-25(26-2)29-16-24(30)27-12-10-20-6-4-3-5-7-20/h3-9,14,21H,10-13,15-18H2,1-2H3,(H,27,30)(H2,26,28,29). The lowest BCUT2D eigenvalue weighted by atomic mass is 10.1. The molecule has 7 heteroatoms. The highest BCUT2D eigenvalue weighted by atomic mass is 16.5. The highest BCUT2D eigenvalue weighted by molar-refractivity contribution is 5.86. The van der Waals surface area contributed by atoms with Crippen LogP contribution in [0.15, 0.2) is 53.5 Å². The molecule has 7 nitrogen and oxygen atoms in total. The van der Waals surface area contributed by atoms with Crippen LogP contribution in [-0.4, -0.2) is 51.8 Å². The SMILES string of the molecule is CN=C(NCC(=O)NCCc1ccccc1)NCc1ccc(C)cc1OCC1CCOC1. The molecule has 1 fully saturated rings. The van der Waals surface area contributed by atoms with E-state index in [0.717, 1.165) is 42.9 Å². The van der Waals surface area contributed by atoms with Crippen LogP contribution in [-0.2, 0) is 22.5 Å². The Kier molecular flexibility index (Phi) is 9.37. The van der Waals surface area contributed by atoms with Crippen LogP contribution >= 0.6 is 0 Å². The summed E-state index contributed by atoms with van der Waals surface area (Å²) in [5.74, 6) is 1.82. The summed E-state index contributed by atoms with van der Waals surface area (Å²) in [7, 11) is 1.69. The number of rotatable bonds is 10. The topological polar surface area (TPSA) is 84.0 Å². The van der Waals surface area contributed by atoms with Gasteiger partial charge in [0.1, 0.15) is 5.75 Å². The number of guanidine groups is 1. The maximum absolute atomic E-state index is 12.1. The molecule has 1 saturated heterocycles. The van der Waals surface area contributed by atoms with Crippen LogP contribution < -0.4 is 20.7 Å². The normalized spacial score (nSPS) is 15.9. The van der Waals surface area contributed by atoms with E-state index in [-0.39, 0.29) is 12.5 Å². The van der Waals surface area contributed by atoms with Crippen LogP contribution in [0.25, 0.3) is 0 Å². The van der Waals surface area contributed by atoms with E-state index in [4.69, 9.17) is 9.47 Å². The van der Waals surface area contributed by atoms with E-state index >= 15 is 0 Å². The largest absolute Gasteiger partial charge is 0.493 e. The second-order valence-corrected chi connectivity index (χ2v) is 8.02. The zero-order valence-corrected chi connectivity index (χ0v) is 19.0. The van der Waals surface area contributed by atoms with E-state index in [1.165, 1.54) is 5.56 Å². The third-order valence-corrected chi connectivity index (χ3v) is 5.39. The monoisotopic (exact) mass is 438 g/mol. The first kappa shape index (κ1) is 23.6. The molecule has 0 aromatic heterocycles. The Morgan fingerprint density at radius 1 is 1.16 bits per heavy atom. The molecule has 2 aromatic carbocycles. The quantitative estimate of drug-likeness (QED) is 0.392. The van der Waals surface area contributed by atoms with Gasteiger partial charge in [-0.1, -0.05) is 42.5 Å². The number of aryl methyl sites for hydroxylation is 1. The summed E-state index contributed by atoms with van der Waals surface area (Å²) in [6.45, 7) is 5.61. The van der Waals surface area contributed by atoms with E-state index in [2.05, 4.69) is 58.2 Å². The van der Waals surface area contributed by atoms with Gasteiger partial charge in [-0.25, -0.2) is 0 Å². The van der Waals surface area contributed by atoms with Gasteiger partial charge in [-0.2, -0.15) is 0 Å². The molecular formula is C25H34N4O3. The summed E-state index contributed by atoms with van der Waals surface area (Å²) in [6.07, 6.45) is 1.85. The number of nitrogens with one attached hydrogen (secondary N) is 3. The molecule has 0 spiro atoms. The van der Waals surface area contributed by atoms with Crippen molar-refractivity contribution in [1.82, 2.24) is 16.0 Å². The van der Waals surface area contributed by atoms with Crippen LogP contribution in [0.3, 0.4) is 0 Å². The molecule has 172 valence electrons. The Labute approximate surface area is 190 Å². The van der Waals surface area contributed by atoms with Crippen LogP contribution in [0.1, 0.15) is 23.1 Å². The van der Waals surface area contributed by atoms with Crippen molar-refractivity contribution in [3.8, 4) is 5.75 Å². The molecule has 1 amide bonds. The first-order valence-corrected chi connectivity index (χ1v) is 11.2. The predicted octanol–water partition coefficient (Wildman–Crippen LogP) is 2.43. The number of carbonyl (C=O) groups is 1. The minimum absolute atomic E-state index is 0.0676. The summed E-state index contributed by atoms with van der Waals surface area (Å²) in [5, 5.41) is 9.26. The number of aliphatic imine (C=N–C) groups is 1. The molecule has 0 radical (unpaired) electrons. The van der Waals surface area contributed by atoms with Gasteiger partial charge in [-0.05, 0) is 37.0 Å². The van der Waals surface area contributed by atoms with Gasteiger partial charge in [0.05, 0.1) is 19.8 Å². The Balaban J connectivity index is 1.42. The van der Waals surface area contributed by atoms with Crippen molar-refractivity contribution >= 4 is 11.9 Å². The van der Waals surface area contributed by atoms with Gasteiger partial charge >= 0.3 is 0 Å². The highest BCUT2D eigenvalue weighted by Crippen LogP contribution is 2.22. The minimum Gasteiger partial charge on any atom is -0.493 e. The first-order valence-electron chi connectivity index (χ1n) is 11.2. The van der Waals surface area contributed by atoms with Gasteiger partial charge in [0, 0.05) is 38.2 Å². The number of hydrogen-bond acceptors (Lipinski definition) is 4. The number of benzene rings is 2. The lowest BCUT2D eigenvalue weighted by molar-refractivity contribution is -0.119. The van der Waals surface area contributed by atoms with Gasteiger partial charge in [-0.15, -0.1) is 0 Å². The number of hydrogen-bond donors (Lipinski definition) is 3. The van der Waals surface area contributed by atoms with E-state index in [9.17, 15) is 4.79 Å². The average molecular weight is 439 g/mol. The third kappa shape index (κ3) is 7.89. The first-order chi connectivity index (χ1) is 15.6. The molecular weight excluding hydrogens is 404 g/mol. The number of carbonyl (C=O) groups excluding carboxylic acids is 1. The van der Waals surface area contributed by atoms with Crippen molar-refractivity contribution < 1.29 is 14.3 Å². The van der Waals surface area contributed by atoms with Crippen molar-refractivity contribution in [3.63, 3.8) is 0 Å². The fourth-order valence-electron chi connectivity index (χ4n) is 3.48. The lowest BCUT2D eigenvalue weighted by Gasteiger charge is -2.17. The molecule has 32 heavy (non-hydrogen) atoms. The molecule has 1 aliphatic heterocycles. The Morgan fingerprint density at radius 3 is 2.75 bits per heavy atom. The molecule has 3 N–H and O–H groups in total. The Hall–Kier alpha value is -3.06. The van der Waals surface area contributed by atoms with E-state index in [1.54, 1.807) is 7.05 Å². The van der Waals surface area contributed by atoms with Crippen LogP contribution in [0.5, 0.6) is 5.75 Å².